The first kappa shape index (κ1) is 6.87. The molecule has 0 spiro atoms. The standard InChI is InChI=1S/C7H5BO2/c8-7(9)10-6-4-2-1-3-5-6/h1-5H. The first-order chi connectivity index (χ1) is 4.79. The van der Waals surface area contributed by atoms with Crippen molar-refractivity contribution in [3.63, 3.8) is 0 Å². The van der Waals surface area contributed by atoms with E-state index in [1.807, 2.05) is 6.07 Å². The van der Waals surface area contributed by atoms with Crippen LogP contribution in [0.1, 0.15) is 0 Å². The van der Waals surface area contributed by atoms with Gasteiger partial charge in [-0.05, 0) is 12.1 Å². The topological polar surface area (TPSA) is 26.3 Å². The lowest BCUT2D eigenvalue weighted by Crippen LogP contribution is -2.03. The largest absolute Gasteiger partial charge is 0.436 e. The second-order valence-electron chi connectivity index (χ2n) is 1.73. The van der Waals surface area contributed by atoms with E-state index in [1.54, 1.807) is 24.3 Å². The van der Waals surface area contributed by atoms with Crippen molar-refractivity contribution in [3.05, 3.63) is 30.3 Å². The van der Waals surface area contributed by atoms with E-state index in [0.29, 0.717) is 5.75 Å². The Morgan fingerprint density at radius 3 is 2.40 bits per heavy atom. The smallest absolute Gasteiger partial charge is 0.241 e. The third-order valence-electron chi connectivity index (χ3n) is 0.962. The average molecular weight is 132 g/mol. The van der Waals surface area contributed by atoms with Crippen molar-refractivity contribution in [2.75, 3.05) is 0 Å². The molecule has 2 radical (unpaired) electrons. The Kier molecular flexibility index (Phi) is 2.10. The molecular formula is C7H5BO2. The van der Waals surface area contributed by atoms with Crippen LogP contribution in [0.2, 0.25) is 0 Å². The van der Waals surface area contributed by atoms with Gasteiger partial charge in [0.1, 0.15) is 5.75 Å². The second-order valence-corrected chi connectivity index (χ2v) is 1.73. The van der Waals surface area contributed by atoms with Gasteiger partial charge < -0.3 is 4.74 Å². The molecular weight excluding hydrogens is 127 g/mol. The van der Waals surface area contributed by atoms with E-state index >= 15 is 0 Å². The van der Waals surface area contributed by atoms with Crippen molar-refractivity contribution in [3.8, 4) is 5.75 Å². The highest BCUT2D eigenvalue weighted by Crippen LogP contribution is 2.07. The molecule has 1 aromatic rings. The Labute approximate surface area is 60.2 Å². The van der Waals surface area contributed by atoms with Crippen LogP contribution in [0.3, 0.4) is 0 Å². The molecule has 2 nitrogen and oxygen atoms in total. The molecule has 0 fully saturated rings. The second kappa shape index (κ2) is 3.06. The molecule has 0 aliphatic heterocycles. The fourth-order valence-electron chi connectivity index (χ4n) is 0.605. The van der Waals surface area contributed by atoms with Crippen molar-refractivity contribution < 1.29 is 9.53 Å². The zero-order valence-corrected chi connectivity index (χ0v) is 5.28. The number of carbonyl (C=O) groups excluding carboxylic acids is 1. The summed E-state index contributed by atoms with van der Waals surface area (Å²) in [7, 11) is 4.76. The molecule has 0 aliphatic rings. The minimum absolute atomic E-state index is 0.468. The molecule has 1 aromatic carbocycles. The van der Waals surface area contributed by atoms with Gasteiger partial charge in [-0.3, -0.25) is 4.79 Å². The predicted octanol–water partition coefficient (Wildman–Crippen LogP) is 1.35. The number of hydrogen-bond acceptors (Lipinski definition) is 2. The average Bonchev–Trinajstić information content (AvgIpc) is 1.88. The molecule has 0 N–H and O–H groups in total. The lowest BCUT2D eigenvalue weighted by atomic mass is 10.2. The van der Waals surface area contributed by atoms with E-state index in [2.05, 4.69) is 4.74 Å². The van der Waals surface area contributed by atoms with Crippen LogP contribution in [0.25, 0.3) is 0 Å². The molecule has 1 rings (SSSR count). The Morgan fingerprint density at radius 1 is 1.30 bits per heavy atom. The van der Waals surface area contributed by atoms with Crippen LogP contribution in [-0.2, 0) is 0 Å². The summed E-state index contributed by atoms with van der Waals surface area (Å²) in [6.45, 7) is 0. The molecule has 0 bridgehead atoms. The van der Waals surface area contributed by atoms with Crippen LogP contribution >= 0.6 is 0 Å². The number of hydrogen-bond donors (Lipinski definition) is 0. The van der Waals surface area contributed by atoms with Gasteiger partial charge in [-0.15, -0.1) is 0 Å². The van der Waals surface area contributed by atoms with Crippen molar-refractivity contribution in [2.45, 2.75) is 0 Å². The molecule has 10 heavy (non-hydrogen) atoms. The Hall–Kier alpha value is -1.25. The summed E-state index contributed by atoms with van der Waals surface area (Å²) in [6, 6.07) is 8.67. The maximum absolute atomic E-state index is 10.2. The molecule has 0 atom stereocenters. The van der Waals surface area contributed by atoms with Gasteiger partial charge in [-0.2, -0.15) is 0 Å². The SMILES string of the molecule is [B]C(=O)Oc1ccccc1. The van der Waals surface area contributed by atoms with Crippen LogP contribution < -0.4 is 4.74 Å². The molecule has 3 heteroatoms. The van der Waals surface area contributed by atoms with Crippen molar-refractivity contribution in [1.82, 2.24) is 0 Å². The maximum Gasteiger partial charge on any atom is 0.241 e. The lowest BCUT2D eigenvalue weighted by molar-refractivity contribution is 0.225. The van der Waals surface area contributed by atoms with Gasteiger partial charge in [-0.25, -0.2) is 0 Å². The van der Waals surface area contributed by atoms with E-state index in [4.69, 9.17) is 7.85 Å². The zero-order chi connectivity index (χ0) is 7.40. The van der Waals surface area contributed by atoms with Gasteiger partial charge in [0.05, 0.1) is 0 Å². The number of para-hydroxylation sites is 1. The van der Waals surface area contributed by atoms with E-state index in [1.165, 1.54) is 0 Å². The number of rotatable bonds is 1. The van der Waals surface area contributed by atoms with E-state index in [0.717, 1.165) is 0 Å². The zero-order valence-electron chi connectivity index (χ0n) is 5.28. The van der Waals surface area contributed by atoms with Crippen molar-refractivity contribution in [1.29, 1.82) is 0 Å². The maximum atomic E-state index is 10.2. The predicted molar refractivity (Wildman–Crippen MR) is 38.2 cm³/mol. The minimum Gasteiger partial charge on any atom is -0.436 e. The third kappa shape index (κ3) is 1.93. The summed E-state index contributed by atoms with van der Waals surface area (Å²) < 4.78 is 4.55. The minimum atomic E-state index is -0.786. The monoisotopic (exact) mass is 132 g/mol. The van der Waals surface area contributed by atoms with Crippen molar-refractivity contribution in [2.24, 2.45) is 0 Å². The summed E-state index contributed by atoms with van der Waals surface area (Å²) in [4.78, 5) is 10.2. The lowest BCUT2D eigenvalue weighted by Gasteiger charge is -1.98. The van der Waals surface area contributed by atoms with Crippen LogP contribution in [0.4, 0.5) is 4.79 Å². The fraction of sp³-hybridized carbons (Fsp3) is 0. The van der Waals surface area contributed by atoms with E-state index in [-0.39, 0.29) is 0 Å². The van der Waals surface area contributed by atoms with Gasteiger partial charge in [0, 0.05) is 0 Å². The van der Waals surface area contributed by atoms with Gasteiger partial charge in [0.2, 0.25) is 13.7 Å². The van der Waals surface area contributed by atoms with Gasteiger partial charge in [-0.1, -0.05) is 18.2 Å². The van der Waals surface area contributed by atoms with Crippen LogP contribution in [0.15, 0.2) is 30.3 Å². The quantitative estimate of drug-likeness (QED) is 0.539. The highest BCUT2D eigenvalue weighted by Gasteiger charge is 1.92. The molecule has 0 unspecified atom stereocenters. The summed E-state index contributed by atoms with van der Waals surface area (Å²) >= 11 is 0. The summed E-state index contributed by atoms with van der Waals surface area (Å²) in [5.74, 6) is -0.318. The molecule has 0 aliphatic carbocycles. The van der Waals surface area contributed by atoms with Gasteiger partial charge in [0.15, 0.2) is 0 Å². The Morgan fingerprint density at radius 2 is 1.90 bits per heavy atom. The van der Waals surface area contributed by atoms with Crippen LogP contribution in [0.5, 0.6) is 5.75 Å². The Bertz CT molecular complexity index is 220. The molecule has 0 aromatic heterocycles. The first-order valence-electron chi connectivity index (χ1n) is 2.81. The highest BCUT2D eigenvalue weighted by molar-refractivity contribution is 6.55. The number of ether oxygens (including phenoxy) is 1. The fourth-order valence-corrected chi connectivity index (χ4v) is 0.605. The van der Waals surface area contributed by atoms with Crippen molar-refractivity contribution >= 4 is 13.7 Å². The third-order valence-corrected chi connectivity index (χ3v) is 0.962. The normalized spacial score (nSPS) is 8.80. The molecule has 48 valence electrons. The summed E-state index contributed by atoms with van der Waals surface area (Å²) in [5, 5.41) is 0. The highest BCUT2D eigenvalue weighted by atomic mass is 16.5. The van der Waals surface area contributed by atoms with Gasteiger partial charge in [0.25, 0.3) is 0 Å². The first-order valence-corrected chi connectivity index (χ1v) is 2.81. The molecule has 0 amide bonds. The molecule has 0 saturated heterocycles. The Balaban J connectivity index is 2.67. The van der Waals surface area contributed by atoms with Crippen LogP contribution in [-0.4, -0.2) is 13.7 Å². The molecule has 0 saturated carbocycles. The van der Waals surface area contributed by atoms with E-state index in [9.17, 15) is 4.79 Å². The number of benzene rings is 1. The van der Waals surface area contributed by atoms with Crippen LogP contribution in [0, 0.1) is 0 Å². The molecule has 0 heterocycles. The summed E-state index contributed by atoms with van der Waals surface area (Å²) in [5.41, 5.74) is 0. The van der Waals surface area contributed by atoms with Gasteiger partial charge >= 0.3 is 0 Å². The van der Waals surface area contributed by atoms with E-state index < -0.39 is 5.87 Å². The summed E-state index contributed by atoms with van der Waals surface area (Å²) in [6.07, 6.45) is 0. The number of carbonyl (C=O) groups is 1.